The molecule has 5 nitrogen and oxygen atoms in total. The Morgan fingerprint density at radius 3 is 3.13 bits per heavy atom. The topological polar surface area (TPSA) is 59.0 Å². The molecule has 0 bridgehead atoms. The summed E-state index contributed by atoms with van der Waals surface area (Å²) in [5, 5.41) is 5.40. The van der Waals surface area contributed by atoms with Crippen LogP contribution in [0, 0.1) is 5.92 Å². The standard InChI is InChI=1S/C10H14N2O3/c1-2-15-9(13)6-12-10(14)7-4-3-5-8(7)11-12/h7H,2-6H2,1H3. The highest BCUT2D eigenvalue weighted by molar-refractivity contribution is 6.09. The van der Waals surface area contributed by atoms with Crippen LogP contribution in [-0.2, 0) is 14.3 Å². The first-order chi connectivity index (χ1) is 7.22. The maximum Gasteiger partial charge on any atom is 0.327 e. The van der Waals surface area contributed by atoms with Crippen molar-refractivity contribution in [1.82, 2.24) is 5.01 Å². The van der Waals surface area contributed by atoms with Gasteiger partial charge in [0, 0.05) is 0 Å². The molecule has 0 aromatic carbocycles. The molecule has 0 aromatic heterocycles. The Morgan fingerprint density at radius 2 is 2.47 bits per heavy atom. The molecule has 2 rings (SSSR count). The largest absolute Gasteiger partial charge is 0.465 e. The number of rotatable bonds is 3. The van der Waals surface area contributed by atoms with Crippen molar-refractivity contribution in [3.63, 3.8) is 0 Å². The molecule has 1 heterocycles. The molecule has 1 aliphatic heterocycles. The summed E-state index contributed by atoms with van der Waals surface area (Å²) >= 11 is 0. The fourth-order valence-corrected chi connectivity index (χ4v) is 2.04. The number of nitrogens with zero attached hydrogens (tertiary/aromatic N) is 2. The fourth-order valence-electron chi connectivity index (χ4n) is 2.04. The number of amides is 1. The number of fused-ring (bicyclic) bond motifs is 1. The van der Waals surface area contributed by atoms with Crippen molar-refractivity contribution in [2.45, 2.75) is 26.2 Å². The van der Waals surface area contributed by atoms with E-state index in [0.29, 0.717) is 6.61 Å². The van der Waals surface area contributed by atoms with Crippen LogP contribution in [0.25, 0.3) is 0 Å². The molecule has 82 valence electrons. The highest BCUT2D eigenvalue weighted by atomic mass is 16.5. The summed E-state index contributed by atoms with van der Waals surface area (Å²) in [5.41, 5.74) is 0.935. The number of hydrogen-bond acceptors (Lipinski definition) is 4. The van der Waals surface area contributed by atoms with Crippen LogP contribution in [0.5, 0.6) is 0 Å². The van der Waals surface area contributed by atoms with E-state index in [2.05, 4.69) is 5.10 Å². The van der Waals surface area contributed by atoms with Crippen LogP contribution >= 0.6 is 0 Å². The molecule has 0 aromatic rings. The van der Waals surface area contributed by atoms with Crippen LogP contribution in [0.15, 0.2) is 5.10 Å². The van der Waals surface area contributed by atoms with Crippen LogP contribution in [0.2, 0.25) is 0 Å². The molecule has 1 aliphatic carbocycles. The molecule has 1 fully saturated rings. The molecule has 1 amide bonds. The quantitative estimate of drug-likeness (QED) is 0.639. The Balaban J connectivity index is 1.97. The molecule has 0 N–H and O–H groups in total. The second-order valence-electron chi connectivity index (χ2n) is 3.74. The van der Waals surface area contributed by atoms with Crippen molar-refractivity contribution in [2.24, 2.45) is 11.0 Å². The number of ether oxygens (including phenoxy) is 1. The molecular weight excluding hydrogens is 196 g/mol. The van der Waals surface area contributed by atoms with Crippen molar-refractivity contribution in [2.75, 3.05) is 13.2 Å². The zero-order valence-electron chi connectivity index (χ0n) is 8.73. The summed E-state index contributed by atoms with van der Waals surface area (Å²) in [5.74, 6) is -0.495. The minimum absolute atomic E-state index is 0.0458. The van der Waals surface area contributed by atoms with E-state index in [4.69, 9.17) is 4.74 Å². The number of hydrogen-bond donors (Lipinski definition) is 0. The zero-order chi connectivity index (χ0) is 10.8. The second-order valence-corrected chi connectivity index (χ2v) is 3.74. The molecule has 0 radical (unpaired) electrons. The van der Waals surface area contributed by atoms with Crippen molar-refractivity contribution < 1.29 is 14.3 Å². The number of hydrazone groups is 1. The van der Waals surface area contributed by atoms with E-state index < -0.39 is 5.97 Å². The number of carbonyl (C=O) groups excluding carboxylic acids is 2. The van der Waals surface area contributed by atoms with Gasteiger partial charge in [0.05, 0.1) is 18.2 Å². The Kier molecular flexibility index (Phi) is 2.70. The molecular formula is C10H14N2O3. The lowest BCUT2D eigenvalue weighted by Crippen LogP contribution is -2.31. The average molecular weight is 210 g/mol. The van der Waals surface area contributed by atoms with Crippen LogP contribution in [0.4, 0.5) is 0 Å². The summed E-state index contributed by atoms with van der Waals surface area (Å²) in [6.07, 6.45) is 2.79. The van der Waals surface area contributed by atoms with Gasteiger partial charge in [-0.3, -0.25) is 9.59 Å². The minimum Gasteiger partial charge on any atom is -0.465 e. The van der Waals surface area contributed by atoms with Gasteiger partial charge in [0.2, 0.25) is 0 Å². The SMILES string of the molecule is CCOC(=O)CN1N=C2CCCC2C1=O. The van der Waals surface area contributed by atoms with E-state index in [1.165, 1.54) is 5.01 Å². The maximum atomic E-state index is 11.7. The Bertz CT molecular complexity index is 325. The van der Waals surface area contributed by atoms with Crippen molar-refractivity contribution in [1.29, 1.82) is 0 Å². The maximum absolute atomic E-state index is 11.7. The highest BCUT2D eigenvalue weighted by Gasteiger charge is 2.39. The normalized spacial score (nSPS) is 24.1. The van der Waals surface area contributed by atoms with Crippen LogP contribution in [0.3, 0.4) is 0 Å². The predicted octanol–water partition coefficient (Wildman–Crippen LogP) is 0.548. The summed E-state index contributed by atoms with van der Waals surface area (Å²) in [6.45, 7) is 2.03. The van der Waals surface area contributed by atoms with Gasteiger partial charge in [0.25, 0.3) is 5.91 Å². The molecule has 0 spiro atoms. The molecule has 1 unspecified atom stereocenters. The third kappa shape index (κ3) is 1.86. The lowest BCUT2D eigenvalue weighted by molar-refractivity contribution is -0.148. The Hall–Kier alpha value is -1.39. The van der Waals surface area contributed by atoms with Gasteiger partial charge >= 0.3 is 5.97 Å². The van der Waals surface area contributed by atoms with Gasteiger partial charge in [-0.1, -0.05) is 0 Å². The summed E-state index contributed by atoms with van der Waals surface area (Å²) in [6, 6.07) is 0. The van der Waals surface area contributed by atoms with Crippen LogP contribution in [0.1, 0.15) is 26.2 Å². The molecule has 0 saturated heterocycles. The van der Waals surface area contributed by atoms with E-state index in [9.17, 15) is 9.59 Å². The fraction of sp³-hybridized carbons (Fsp3) is 0.700. The highest BCUT2D eigenvalue weighted by Crippen LogP contribution is 2.29. The first-order valence-electron chi connectivity index (χ1n) is 5.26. The van der Waals surface area contributed by atoms with Gasteiger partial charge in [-0.15, -0.1) is 0 Å². The van der Waals surface area contributed by atoms with E-state index in [0.717, 1.165) is 25.0 Å². The average Bonchev–Trinajstić information content (AvgIpc) is 2.72. The second kappa shape index (κ2) is 4.00. The van der Waals surface area contributed by atoms with Gasteiger partial charge in [0.15, 0.2) is 0 Å². The molecule has 1 atom stereocenters. The van der Waals surface area contributed by atoms with Crippen LogP contribution in [-0.4, -0.2) is 35.7 Å². The predicted molar refractivity (Wildman–Crippen MR) is 53.1 cm³/mol. The van der Waals surface area contributed by atoms with E-state index in [1.54, 1.807) is 6.92 Å². The molecule has 5 heteroatoms. The van der Waals surface area contributed by atoms with E-state index in [-0.39, 0.29) is 18.4 Å². The molecule has 1 saturated carbocycles. The number of carbonyl (C=O) groups is 2. The first-order valence-corrected chi connectivity index (χ1v) is 5.26. The Labute approximate surface area is 88.1 Å². The van der Waals surface area contributed by atoms with Crippen molar-refractivity contribution in [3.8, 4) is 0 Å². The van der Waals surface area contributed by atoms with Gasteiger partial charge in [-0.05, 0) is 26.2 Å². The van der Waals surface area contributed by atoms with Gasteiger partial charge in [-0.2, -0.15) is 5.10 Å². The monoisotopic (exact) mass is 210 g/mol. The van der Waals surface area contributed by atoms with Gasteiger partial charge < -0.3 is 4.74 Å². The summed E-state index contributed by atoms with van der Waals surface area (Å²) in [7, 11) is 0. The van der Waals surface area contributed by atoms with E-state index >= 15 is 0 Å². The first kappa shape index (κ1) is 10.1. The minimum atomic E-state index is -0.393. The summed E-state index contributed by atoms with van der Waals surface area (Å²) in [4.78, 5) is 22.9. The number of esters is 1. The summed E-state index contributed by atoms with van der Waals surface area (Å²) < 4.78 is 4.77. The molecule has 15 heavy (non-hydrogen) atoms. The van der Waals surface area contributed by atoms with Gasteiger partial charge in [0.1, 0.15) is 6.54 Å². The lowest BCUT2D eigenvalue weighted by Gasteiger charge is -2.12. The third-order valence-electron chi connectivity index (χ3n) is 2.71. The smallest absolute Gasteiger partial charge is 0.327 e. The van der Waals surface area contributed by atoms with Crippen molar-refractivity contribution >= 4 is 17.6 Å². The lowest BCUT2D eigenvalue weighted by atomic mass is 10.1. The van der Waals surface area contributed by atoms with Gasteiger partial charge in [-0.25, -0.2) is 5.01 Å². The third-order valence-corrected chi connectivity index (χ3v) is 2.71. The molecule has 2 aliphatic rings. The zero-order valence-corrected chi connectivity index (χ0v) is 8.73. The van der Waals surface area contributed by atoms with Crippen LogP contribution < -0.4 is 0 Å². The van der Waals surface area contributed by atoms with Crippen molar-refractivity contribution in [3.05, 3.63) is 0 Å². The Morgan fingerprint density at radius 1 is 1.67 bits per heavy atom. The van der Waals surface area contributed by atoms with E-state index in [1.807, 2.05) is 0 Å².